The van der Waals surface area contributed by atoms with Crippen molar-refractivity contribution in [3.8, 4) is 22.6 Å². The first-order valence-corrected chi connectivity index (χ1v) is 16.0. The summed E-state index contributed by atoms with van der Waals surface area (Å²) in [6.07, 6.45) is 4.45. The van der Waals surface area contributed by atoms with Crippen molar-refractivity contribution >= 4 is 26.8 Å². The van der Waals surface area contributed by atoms with Crippen LogP contribution in [0.4, 0.5) is 0 Å². The van der Waals surface area contributed by atoms with Gasteiger partial charge in [0.2, 0.25) is 10.0 Å². The zero-order valence-electron chi connectivity index (χ0n) is 24.0. The second-order valence-corrected chi connectivity index (χ2v) is 13.1. The Kier molecular flexibility index (Phi) is 8.38. The Balaban J connectivity index is 1.15. The van der Waals surface area contributed by atoms with Crippen LogP contribution in [0.5, 0.6) is 11.5 Å². The number of methoxy groups -OCH3 is 1. The lowest BCUT2D eigenvalue weighted by Crippen LogP contribution is -2.41. The van der Waals surface area contributed by atoms with Crippen LogP contribution in [-0.2, 0) is 30.9 Å². The zero-order valence-corrected chi connectivity index (χ0v) is 24.8. The van der Waals surface area contributed by atoms with Gasteiger partial charge < -0.3 is 19.3 Å². The molecule has 0 aromatic heterocycles. The number of aromatic hydroxyl groups is 1. The van der Waals surface area contributed by atoms with E-state index in [2.05, 4.69) is 0 Å². The number of rotatable bonds is 9. The average molecular weight is 602 g/mol. The Labute approximate surface area is 251 Å². The van der Waals surface area contributed by atoms with E-state index in [0.29, 0.717) is 0 Å². The lowest BCUT2D eigenvalue weighted by Gasteiger charge is -2.22. The first kappa shape index (κ1) is 29.2. The third-order valence-corrected chi connectivity index (χ3v) is 10.2. The Morgan fingerprint density at radius 3 is 2.21 bits per heavy atom. The number of hydrogen-bond acceptors (Lipinski definition) is 7. The molecule has 0 amide bonds. The van der Waals surface area contributed by atoms with Crippen molar-refractivity contribution in [1.29, 1.82) is 0 Å². The third-order valence-electron chi connectivity index (χ3n) is 8.33. The van der Waals surface area contributed by atoms with Crippen LogP contribution in [0.2, 0.25) is 0 Å². The van der Waals surface area contributed by atoms with Gasteiger partial charge in [-0.25, -0.2) is 8.42 Å². The number of hydrogen-bond donors (Lipinski definition) is 1. The standard InChI is InChI=1S/C34H35NO7S/c1-40-34(37)33-20-31(41-22-23-6-8-24(9-7-23)25-10-14-28(36)15-11-25)21-35(33)43(38,39)32-17-13-26-18-30(16-12-27(26)19-32)42-29-4-2-3-5-29/h6-19,29,31,33,36H,2-5,20-22H2,1H3/t31-,33+/m1/s1. The maximum Gasteiger partial charge on any atom is 0.324 e. The Hall–Kier alpha value is -3.92. The van der Waals surface area contributed by atoms with Gasteiger partial charge in [-0.15, -0.1) is 0 Å². The second-order valence-electron chi connectivity index (χ2n) is 11.2. The fraction of sp³-hybridized carbons (Fsp3) is 0.324. The highest BCUT2D eigenvalue weighted by molar-refractivity contribution is 7.89. The number of carbonyl (C=O) groups is 1. The fourth-order valence-corrected chi connectivity index (χ4v) is 7.59. The summed E-state index contributed by atoms with van der Waals surface area (Å²) in [4.78, 5) is 12.8. The van der Waals surface area contributed by atoms with E-state index in [-0.39, 0.29) is 36.3 Å². The smallest absolute Gasteiger partial charge is 0.324 e. The van der Waals surface area contributed by atoms with Crippen LogP contribution in [-0.4, -0.2) is 55.7 Å². The summed E-state index contributed by atoms with van der Waals surface area (Å²) in [5.74, 6) is 0.392. The van der Waals surface area contributed by atoms with E-state index in [0.717, 1.165) is 46.1 Å². The lowest BCUT2D eigenvalue weighted by atomic mass is 10.0. The molecule has 0 spiro atoms. The first-order valence-electron chi connectivity index (χ1n) is 14.6. The summed E-state index contributed by atoms with van der Waals surface area (Å²) < 4.78 is 46.1. The topological polar surface area (TPSA) is 102 Å². The van der Waals surface area contributed by atoms with E-state index in [9.17, 15) is 18.3 Å². The molecule has 9 heteroatoms. The quantitative estimate of drug-likeness (QED) is 0.233. The van der Waals surface area contributed by atoms with Gasteiger partial charge in [-0.05, 0) is 89.5 Å². The van der Waals surface area contributed by atoms with Gasteiger partial charge in [-0.3, -0.25) is 4.79 Å². The number of phenols is 1. The molecular formula is C34H35NO7S. The van der Waals surface area contributed by atoms with Crippen LogP contribution < -0.4 is 4.74 Å². The fourth-order valence-electron chi connectivity index (χ4n) is 5.94. The number of ether oxygens (including phenoxy) is 3. The molecule has 1 N–H and O–H groups in total. The second kappa shape index (κ2) is 12.4. The molecule has 8 nitrogen and oxygen atoms in total. The minimum Gasteiger partial charge on any atom is -0.508 e. The Morgan fingerprint density at radius 1 is 0.860 bits per heavy atom. The molecule has 1 aliphatic heterocycles. The van der Waals surface area contributed by atoms with Crippen molar-refractivity contribution in [3.05, 3.63) is 90.5 Å². The molecule has 1 heterocycles. The minimum absolute atomic E-state index is 0.0416. The molecule has 2 atom stereocenters. The number of esters is 1. The molecule has 6 rings (SSSR count). The Bertz CT molecular complexity index is 1700. The molecule has 0 radical (unpaired) electrons. The molecule has 0 unspecified atom stereocenters. The molecule has 0 bridgehead atoms. The number of phenolic OH excluding ortho intramolecular Hbond substituents is 1. The summed E-state index contributed by atoms with van der Waals surface area (Å²) >= 11 is 0. The molecule has 1 aliphatic carbocycles. The summed E-state index contributed by atoms with van der Waals surface area (Å²) in [7, 11) is -2.75. The summed E-state index contributed by atoms with van der Waals surface area (Å²) in [6.45, 7) is 0.309. The van der Waals surface area contributed by atoms with Crippen molar-refractivity contribution in [2.24, 2.45) is 0 Å². The van der Waals surface area contributed by atoms with Crippen LogP contribution in [0.3, 0.4) is 0 Å². The van der Waals surface area contributed by atoms with E-state index in [1.165, 1.54) is 24.3 Å². The van der Waals surface area contributed by atoms with Crippen molar-refractivity contribution < 1.29 is 32.5 Å². The van der Waals surface area contributed by atoms with Gasteiger partial charge in [0.25, 0.3) is 0 Å². The third kappa shape index (κ3) is 6.39. The van der Waals surface area contributed by atoms with Crippen molar-refractivity contribution in [2.45, 2.75) is 61.9 Å². The maximum absolute atomic E-state index is 13.8. The average Bonchev–Trinajstić information content (AvgIpc) is 3.71. The van der Waals surface area contributed by atoms with E-state index in [1.807, 2.05) is 54.6 Å². The number of fused-ring (bicyclic) bond motifs is 1. The molecule has 4 aromatic carbocycles. The van der Waals surface area contributed by atoms with E-state index < -0.39 is 28.1 Å². The highest BCUT2D eigenvalue weighted by Crippen LogP contribution is 2.32. The van der Waals surface area contributed by atoms with Gasteiger partial charge in [-0.1, -0.05) is 48.5 Å². The summed E-state index contributed by atoms with van der Waals surface area (Å²) in [5.41, 5.74) is 2.90. The van der Waals surface area contributed by atoms with Gasteiger partial charge in [0.15, 0.2) is 0 Å². The van der Waals surface area contributed by atoms with Gasteiger partial charge in [0.05, 0.1) is 30.8 Å². The van der Waals surface area contributed by atoms with Crippen molar-refractivity contribution in [2.75, 3.05) is 13.7 Å². The van der Waals surface area contributed by atoms with E-state index in [4.69, 9.17) is 14.2 Å². The predicted molar refractivity (Wildman–Crippen MR) is 163 cm³/mol. The van der Waals surface area contributed by atoms with Crippen molar-refractivity contribution in [1.82, 2.24) is 4.31 Å². The SMILES string of the molecule is COC(=O)[C@@H]1C[C@@H](OCc2ccc(-c3ccc(O)cc3)cc2)CN1S(=O)(=O)c1ccc2cc(OC3CCCC3)ccc2c1. The van der Waals surface area contributed by atoms with Gasteiger partial charge in [0, 0.05) is 13.0 Å². The molecule has 1 saturated carbocycles. The number of benzene rings is 4. The molecule has 2 aliphatic rings. The first-order chi connectivity index (χ1) is 20.8. The number of carbonyl (C=O) groups excluding carboxylic acids is 1. The van der Waals surface area contributed by atoms with Crippen LogP contribution in [0.1, 0.15) is 37.7 Å². The van der Waals surface area contributed by atoms with Gasteiger partial charge in [-0.2, -0.15) is 4.31 Å². The monoisotopic (exact) mass is 601 g/mol. The minimum atomic E-state index is -4.01. The van der Waals surface area contributed by atoms with Crippen LogP contribution in [0.25, 0.3) is 21.9 Å². The maximum atomic E-state index is 13.8. The predicted octanol–water partition coefficient (Wildman–Crippen LogP) is 6.06. The number of nitrogens with zero attached hydrogens (tertiary/aromatic N) is 1. The van der Waals surface area contributed by atoms with Gasteiger partial charge in [0.1, 0.15) is 17.5 Å². The molecule has 224 valence electrons. The van der Waals surface area contributed by atoms with E-state index in [1.54, 1.807) is 30.3 Å². The normalized spacial score (nSPS) is 19.6. The highest BCUT2D eigenvalue weighted by Gasteiger charge is 2.45. The molecule has 1 saturated heterocycles. The highest BCUT2D eigenvalue weighted by atomic mass is 32.2. The molecule has 43 heavy (non-hydrogen) atoms. The summed E-state index contributed by atoms with van der Waals surface area (Å²) in [6, 6.07) is 24.5. The molecular weight excluding hydrogens is 566 g/mol. The van der Waals surface area contributed by atoms with Crippen LogP contribution in [0.15, 0.2) is 89.8 Å². The summed E-state index contributed by atoms with van der Waals surface area (Å²) in [5, 5.41) is 11.2. The van der Waals surface area contributed by atoms with Crippen LogP contribution >= 0.6 is 0 Å². The van der Waals surface area contributed by atoms with Crippen LogP contribution in [0, 0.1) is 0 Å². The number of sulfonamides is 1. The lowest BCUT2D eigenvalue weighted by molar-refractivity contribution is -0.144. The van der Waals surface area contributed by atoms with Gasteiger partial charge >= 0.3 is 5.97 Å². The molecule has 2 fully saturated rings. The van der Waals surface area contributed by atoms with E-state index >= 15 is 0 Å². The van der Waals surface area contributed by atoms with Crippen molar-refractivity contribution in [3.63, 3.8) is 0 Å². The molecule has 4 aromatic rings. The largest absolute Gasteiger partial charge is 0.508 e. The Morgan fingerprint density at radius 2 is 1.51 bits per heavy atom. The zero-order chi connectivity index (χ0) is 30.0.